The molecule has 0 aliphatic heterocycles. The van der Waals surface area contributed by atoms with Gasteiger partial charge in [0.05, 0.1) is 13.2 Å². The van der Waals surface area contributed by atoms with E-state index in [4.69, 9.17) is 4.74 Å². The van der Waals surface area contributed by atoms with Gasteiger partial charge < -0.3 is 9.84 Å². The number of halogens is 1. The Labute approximate surface area is 105 Å². The summed E-state index contributed by atoms with van der Waals surface area (Å²) in [7, 11) is 1.64. The lowest BCUT2D eigenvalue weighted by molar-refractivity contribution is 0.105. The molecule has 2 rings (SSSR count). The number of methoxy groups -OCH3 is 1. The van der Waals surface area contributed by atoms with Crippen molar-refractivity contribution < 1.29 is 9.84 Å². The minimum atomic E-state index is -0.382. The summed E-state index contributed by atoms with van der Waals surface area (Å²) in [6, 6.07) is 5.73. The largest absolute Gasteiger partial charge is 0.497 e. The zero-order valence-corrected chi connectivity index (χ0v) is 11.2. The molecule has 0 spiro atoms. The van der Waals surface area contributed by atoms with E-state index in [1.165, 1.54) is 12.8 Å². The number of ether oxygens (including phenoxy) is 1. The molecule has 1 N–H and O–H groups in total. The van der Waals surface area contributed by atoms with Crippen LogP contribution in [0.1, 0.15) is 31.4 Å². The maximum atomic E-state index is 10.3. The van der Waals surface area contributed by atoms with Crippen LogP contribution >= 0.6 is 15.9 Å². The predicted molar refractivity (Wildman–Crippen MR) is 67.5 cm³/mol. The molecule has 2 atom stereocenters. The second-order valence-corrected chi connectivity index (χ2v) is 5.38. The quantitative estimate of drug-likeness (QED) is 0.917. The zero-order chi connectivity index (χ0) is 11.7. The molecule has 1 aromatic carbocycles. The highest BCUT2D eigenvalue weighted by molar-refractivity contribution is 9.10. The van der Waals surface area contributed by atoms with Crippen LogP contribution in [0.5, 0.6) is 5.75 Å². The number of aliphatic hydroxyl groups excluding tert-OH is 1. The number of benzene rings is 1. The Morgan fingerprint density at radius 1 is 1.44 bits per heavy atom. The van der Waals surface area contributed by atoms with Crippen molar-refractivity contribution in [1.29, 1.82) is 0 Å². The van der Waals surface area contributed by atoms with Gasteiger partial charge in [0, 0.05) is 4.47 Å². The molecule has 0 aromatic heterocycles. The Morgan fingerprint density at radius 2 is 2.12 bits per heavy atom. The minimum absolute atomic E-state index is 0.338. The molecule has 0 radical (unpaired) electrons. The zero-order valence-electron chi connectivity index (χ0n) is 9.61. The topological polar surface area (TPSA) is 29.5 Å². The van der Waals surface area contributed by atoms with Gasteiger partial charge in [-0.05, 0) is 42.4 Å². The molecule has 1 aliphatic rings. The molecule has 1 aromatic rings. The van der Waals surface area contributed by atoms with Gasteiger partial charge in [-0.3, -0.25) is 0 Å². The first-order valence-electron chi connectivity index (χ1n) is 5.65. The van der Waals surface area contributed by atoms with Gasteiger partial charge in [0.15, 0.2) is 0 Å². The van der Waals surface area contributed by atoms with E-state index in [2.05, 4.69) is 22.9 Å². The van der Waals surface area contributed by atoms with Gasteiger partial charge >= 0.3 is 0 Å². The molecule has 0 bridgehead atoms. The van der Waals surface area contributed by atoms with E-state index >= 15 is 0 Å². The lowest BCUT2D eigenvalue weighted by atomic mass is 9.93. The van der Waals surface area contributed by atoms with Gasteiger partial charge in [0.2, 0.25) is 0 Å². The average molecular weight is 285 g/mol. The fraction of sp³-hybridized carbons (Fsp3) is 0.538. The van der Waals surface area contributed by atoms with Crippen molar-refractivity contribution in [2.45, 2.75) is 25.9 Å². The Balaban J connectivity index is 2.18. The van der Waals surface area contributed by atoms with Crippen molar-refractivity contribution in [3.05, 3.63) is 28.2 Å². The van der Waals surface area contributed by atoms with Crippen LogP contribution in [-0.2, 0) is 0 Å². The van der Waals surface area contributed by atoms with Gasteiger partial charge in [-0.15, -0.1) is 0 Å². The Kier molecular flexibility index (Phi) is 3.55. The molecule has 2 nitrogen and oxygen atoms in total. The Morgan fingerprint density at radius 3 is 2.62 bits per heavy atom. The number of aliphatic hydroxyl groups is 1. The predicted octanol–water partition coefficient (Wildman–Crippen LogP) is 3.54. The molecular weight excluding hydrogens is 268 g/mol. The lowest BCUT2D eigenvalue weighted by Gasteiger charge is -2.20. The standard InChI is InChI=1S/C13H17BrO2/c1-8(9-3-4-9)13(15)11-6-5-10(16-2)7-12(11)14/h5-9,13,15H,3-4H2,1-2H3. The van der Waals surface area contributed by atoms with E-state index in [-0.39, 0.29) is 6.10 Å². The van der Waals surface area contributed by atoms with Crippen molar-refractivity contribution in [1.82, 2.24) is 0 Å². The number of rotatable bonds is 4. The second kappa shape index (κ2) is 4.76. The van der Waals surface area contributed by atoms with Crippen LogP contribution in [0.4, 0.5) is 0 Å². The summed E-state index contributed by atoms with van der Waals surface area (Å²) in [5.74, 6) is 1.84. The van der Waals surface area contributed by atoms with Gasteiger partial charge in [-0.25, -0.2) is 0 Å². The molecule has 0 saturated heterocycles. The first-order chi connectivity index (χ1) is 7.63. The summed E-state index contributed by atoms with van der Waals surface area (Å²) in [4.78, 5) is 0. The molecular formula is C13H17BrO2. The third-order valence-electron chi connectivity index (χ3n) is 3.39. The molecule has 2 unspecified atom stereocenters. The van der Waals surface area contributed by atoms with Crippen LogP contribution in [0.15, 0.2) is 22.7 Å². The third kappa shape index (κ3) is 2.41. The number of hydrogen-bond donors (Lipinski definition) is 1. The van der Waals surface area contributed by atoms with E-state index < -0.39 is 0 Å². The van der Waals surface area contributed by atoms with E-state index in [9.17, 15) is 5.11 Å². The summed E-state index contributed by atoms with van der Waals surface area (Å²) < 4.78 is 6.06. The molecule has 1 saturated carbocycles. The van der Waals surface area contributed by atoms with Gasteiger partial charge in [-0.1, -0.05) is 28.9 Å². The normalized spacial score (nSPS) is 19.2. The smallest absolute Gasteiger partial charge is 0.120 e. The first kappa shape index (κ1) is 11.9. The highest BCUT2D eigenvalue weighted by atomic mass is 79.9. The highest BCUT2D eigenvalue weighted by Crippen LogP contribution is 2.44. The van der Waals surface area contributed by atoms with Crippen LogP contribution in [0.3, 0.4) is 0 Å². The van der Waals surface area contributed by atoms with Crippen LogP contribution in [0, 0.1) is 11.8 Å². The minimum Gasteiger partial charge on any atom is -0.497 e. The molecule has 0 heterocycles. The van der Waals surface area contributed by atoms with Crippen LogP contribution in [0.2, 0.25) is 0 Å². The highest BCUT2D eigenvalue weighted by Gasteiger charge is 2.33. The van der Waals surface area contributed by atoms with Crippen LogP contribution in [0.25, 0.3) is 0 Å². The Hall–Kier alpha value is -0.540. The summed E-state index contributed by atoms with van der Waals surface area (Å²) in [5, 5.41) is 10.3. The van der Waals surface area contributed by atoms with Crippen LogP contribution in [-0.4, -0.2) is 12.2 Å². The maximum Gasteiger partial charge on any atom is 0.120 e. The number of hydrogen-bond acceptors (Lipinski definition) is 2. The molecule has 88 valence electrons. The molecule has 16 heavy (non-hydrogen) atoms. The van der Waals surface area contributed by atoms with E-state index in [1.807, 2.05) is 18.2 Å². The monoisotopic (exact) mass is 284 g/mol. The summed E-state index contributed by atoms with van der Waals surface area (Å²) in [6.07, 6.45) is 2.13. The summed E-state index contributed by atoms with van der Waals surface area (Å²) in [5.41, 5.74) is 0.959. The fourth-order valence-corrected chi connectivity index (χ4v) is 2.63. The van der Waals surface area contributed by atoms with Gasteiger partial charge in [0.1, 0.15) is 5.75 Å². The summed E-state index contributed by atoms with van der Waals surface area (Å²) in [6.45, 7) is 2.12. The SMILES string of the molecule is COc1ccc(C(O)C(C)C2CC2)c(Br)c1. The maximum absolute atomic E-state index is 10.3. The van der Waals surface area contributed by atoms with E-state index in [1.54, 1.807) is 7.11 Å². The van der Waals surface area contributed by atoms with Crippen molar-refractivity contribution in [2.75, 3.05) is 7.11 Å². The van der Waals surface area contributed by atoms with Crippen molar-refractivity contribution >= 4 is 15.9 Å². The van der Waals surface area contributed by atoms with Gasteiger partial charge in [-0.2, -0.15) is 0 Å². The average Bonchev–Trinajstić information content (AvgIpc) is 3.10. The van der Waals surface area contributed by atoms with Crippen molar-refractivity contribution in [3.63, 3.8) is 0 Å². The fourth-order valence-electron chi connectivity index (χ4n) is 2.04. The van der Waals surface area contributed by atoms with Crippen molar-refractivity contribution in [3.8, 4) is 5.75 Å². The first-order valence-corrected chi connectivity index (χ1v) is 6.44. The summed E-state index contributed by atoms with van der Waals surface area (Å²) >= 11 is 3.49. The third-order valence-corrected chi connectivity index (χ3v) is 4.08. The molecule has 1 aliphatic carbocycles. The lowest BCUT2D eigenvalue weighted by Crippen LogP contribution is -2.11. The van der Waals surface area contributed by atoms with Gasteiger partial charge in [0.25, 0.3) is 0 Å². The second-order valence-electron chi connectivity index (χ2n) is 4.53. The Bertz CT molecular complexity index is 374. The van der Waals surface area contributed by atoms with Crippen molar-refractivity contribution in [2.24, 2.45) is 11.8 Å². The molecule has 3 heteroatoms. The van der Waals surface area contributed by atoms with E-state index in [0.717, 1.165) is 15.8 Å². The van der Waals surface area contributed by atoms with Crippen LogP contribution < -0.4 is 4.74 Å². The molecule has 0 amide bonds. The molecule has 1 fully saturated rings. The van der Waals surface area contributed by atoms with E-state index in [0.29, 0.717) is 11.8 Å².